The lowest BCUT2D eigenvalue weighted by Gasteiger charge is -2.32. The Morgan fingerprint density at radius 2 is 2.00 bits per heavy atom. The number of amides is 1. The summed E-state index contributed by atoms with van der Waals surface area (Å²) in [5, 5.41) is 4.44. The first-order valence-corrected chi connectivity index (χ1v) is 9.47. The van der Waals surface area contributed by atoms with Gasteiger partial charge in [0.05, 0.1) is 17.0 Å². The summed E-state index contributed by atoms with van der Waals surface area (Å²) in [6.07, 6.45) is 3.62. The van der Waals surface area contributed by atoms with Crippen LogP contribution in [0.3, 0.4) is 0 Å². The molecule has 2 aromatic heterocycles. The van der Waals surface area contributed by atoms with E-state index >= 15 is 0 Å². The number of fused-ring (bicyclic) bond motifs is 1. The number of likely N-dealkylation sites (tertiary alicyclic amines) is 1. The highest BCUT2D eigenvalue weighted by Crippen LogP contribution is 2.29. The predicted molar refractivity (Wildman–Crippen MR) is 105 cm³/mol. The summed E-state index contributed by atoms with van der Waals surface area (Å²) in [6, 6.07) is 10.4. The molecule has 1 amide bonds. The molecule has 0 unspecified atom stereocenters. The summed E-state index contributed by atoms with van der Waals surface area (Å²) in [5.74, 6) is 0.528. The molecule has 0 atom stereocenters. The van der Waals surface area contributed by atoms with E-state index in [1.165, 1.54) is 5.56 Å². The van der Waals surface area contributed by atoms with Gasteiger partial charge in [-0.2, -0.15) is 5.10 Å². The summed E-state index contributed by atoms with van der Waals surface area (Å²) in [5.41, 5.74) is 11.4. The topological polar surface area (TPSA) is 76.5 Å². The van der Waals surface area contributed by atoms with Crippen LogP contribution in [-0.4, -0.2) is 38.5 Å². The second-order valence-electron chi connectivity index (χ2n) is 7.33. The highest BCUT2D eigenvalue weighted by atomic mass is 16.2. The SMILES string of the molecule is Cc1cc2ncc(C(=O)N3CCC(c4cccc(CN)c4)CC3)c(C)n2n1. The van der Waals surface area contributed by atoms with Crippen LogP contribution < -0.4 is 5.73 Å². The summed E-state index contributed by atoms with van der Waals surface area (Å²) < 4.78 is 1.76. The first-order chi connectivity index (χ1) is 13.1. The van der Waals surface area contributed by atoms with Crippen molar-refractivity contribution in [3.8, 4) is 0 Å². The minimum atomic E-state index is 0.0456. The number of hydrogen-bond acceptors (Lipinski definition) is 4. The van der Waals surface area contributed by atoms with Gasteiger partial charge < -0.3 is 10.6 Å². The molecule has 0 radical (unpaired) electrons. The summed E-state index contributed by atoms with van der Waals surface area (Å²) >= 11 is 0. The molecule has 6 heteroatoms. The van der Waals surface area contributed by atoms with E-state index in [0.29, 0.717) is 18.0 Å². The van der Waals surface area contributed by atoms with Gasteiger partial charge in [0.25, 0.3) is 5.91 Å². The highest BCUT2D eigenvalue weighted by molar-refractivity contribution is 5.95. The Labute approximate surface area is 159 Å². The van der Waals surface area contributed by atoms with Gasteiger partial charge in [0.15, 0.2) is 5.65 Å². The van der Waals surface area contributed by atoms with E-state index in [1.807, 2.05) is 24.8 Å². The maximum Gasteiger partial charge on any atom is 0.257 e. The van der Waals surface area contributed by atoms with Crippen molar-refractivity contribution in [1.29, 1.82) is 0 Å². The summed E-state index contributed by atoms with van der Waals surface area (Å²) in [4.78, 5) is 19.4. The number of aryl methyl sites for hydroxylation is 2. The third kappa shape index (κ3) is 3.32. The lowest BCUT2D eigenvalue weighted by atomic mass is 9.88. The Bertz CT molecular complexity index is 985. The standard InChI is InChI=1S/C21H25N5O/c1-14-10-20-23-13-19(15(2)26(20)24-14)21(27)25-8-6-17(7-9-25)18-5-3-4-16(11-18)12-22/h3-5,10-11,13,17H,6-9,12,22H2,1-2H3. The molecule has 140 valence electrons. The van der Waals surface area contributed by atoms with Crippen molar-refractivity contribution < 1.29 is 4.79 Å². The molecule has 1 aromatic carbocycles. The van der Waals surface area contributed by atoms with E-state index in [1.54, 1.807) is 10.7 Å². The van der Waals surface area contributed by atoms with Crippen LogP contribution in [0.1, 0.15) is 51.6 Å². The van der Waals surface area contributed by atoms with Gasteiger partial charge in [0, 0.05) is 31.9 Å². The van der Waals surface area contributed by atoms with Gasteiger partial charge in [-0.05, 0) is 43.7 Å². The van der Waals surface area contributed by atoms with Crippen molar-refractivity contribution in [1.82, 2.24) is 19.5 Å². The average Bonchev–Trinajstić information content (AvgIpc) is 3.09. The Morgan fingerprint density at radius 1 is 1.22 bits per heavy atom. The molecule has 1 aliphatic heterocycles. The smallest absolute Gasteiger partial charge is 0.257 e. The van der Waals surface area contributed by atoms with Crippen LogP contribution in [0.15, 0.2) is 36.5 Å². The van der Waals surface area contributed by atoms with Crippen LogP contribution in [-0.2, 0) is 6.54 Å². The van der Waals surface area contributed by atoms with Gasteiger partial charge in [0.1, 0.15) is 0 Å². The zero-order valence-electron chi connectivity index (χ0n) is 15.9. The average molecular weight is 363 g/mol. The van der Waals surface area contributed by atoms with E-state index in [9.17, 15) is 4.79 Å². The Morgan fingerprint density at radius 3 is 2.74 bits per heavy atom. The molecule has 27 heavy (non-hydrogen) atoms. The van der Waals surface area contributed by atoms with Crippen molar-refractivity contribution in [3.63, 3.8) is 0 Å². The fraction of sp³-hybridized carbons (Fsp3) is 0.381. The number of nitrogens with zero attached hydrogens (tertiary/aromatic N) is 4. The molecule has 0 aliphatic carbocycles. The second-order valence-corrected chi connectivity index (χ2v) is 7.33. The molecule has 1 fully saturated rings. The molecular weight excluding hydrogens is 338 g/mol. The van der Waals surface area contributed by atoms with Gasteiger partial charge >= 0.3 is 0 Å². The van der Waals surface area contributed by atoms with Gasteiger partial charge in [-0.3, -0.25) is 4.79 Å². The predicted octanol–water partition coefficient (Wildman–Crippen LogP) is 2.82. The molecule has 0 bridgehead atoms. The van der Waals surface area contributed by atoms with Crippen LogP contribution in [0.2, 0.25) is 0 Å². The van der Waals surface area contributed by atoms with Crippen molar-refractivity contribution in [2.75, 3.05) is 13.1 Å². The minimum Gasteiger partial charge on any atom is -0.339 e. The molecule has 4 rings (SSSR count). The maximum atomic E-state index is 13.0. The quantitative estimate of drug-likeness (QED) is 0.776. The number of benzene rings is 1. The first kappa shape index (κ1) is 17.7. The van der Waals surface area contributed by atoms with E-state index in [-0.39, 0.29) is 5.91 Å². The van der Waals surface area contributed by atoms with E-state index < -0.39 is 0 Å². The monoisotopic (exact) mass is 363 g/mol. The zero-order valence-corrected chi connectivity index (χ0v) is 15.9. The third-order valence-electron chi connectivity index (χ3n) is 5.52. The van der Waals surface area contributed by atoms with Gasteiger partial charge in [-0.1, -0.05) is 24.3 Å². The second kappa shape index (κ2) is 7.12. The molecule has 6 nitrogen and oxygen atoms in total. The molecule has 1 saturated heterocycles. The van der Waals surface area contributed by atoms with Crippen LogP contribution in [0.4, 0.5) is 0 Å². The van der Waals surface area contributed by atoms with Gasteiger partial charge in [0.2, 0.25) is 0 Å². The van der Waals surface area contributed by atoms with Crippen LogP contribution in [0.25, 0.3) is 5.65 Å². The molecule has 1 aliphatic rings. The van der Waals surface area contributed by atoms with Crippen LogP contribution in [0, 0.1) is 13.8 Å². The number of nitrogens with two attached hydrogens (primary N) is 1. The third-order valence-corrected chi connectivity index (χ3v) is 5.52. The fourth-order valence-corrected chi connectivity index (χ4v) is 3.93. The Balaban J connectivity index is 1.49. The van der Waals surface area contributed by atoms with Crippen LogP contribution >= 0.6 is 0 Å². The normalized spacial score (nSPS) is 15.4. The largest absolute Gasteiger partial charge is 0.339 e. The van der Waals surface area contributed by atoms with E-state index in [4.69, 9.17) is 5.73 Å². The number of piperidine rings is 1. The number of carbonyl (C=O) groups is 1. The highest BCUT2D eigenvalue weighted by Gasteiger charge is 2.26. The molecule has 3 aromatic rings. The molecule has 0 spiro atoms. The number of aromatic nitrogens is 3. The lowest BCUT2D eigenvalue weighted by Crippen LogP contribution is -2.38. The van der Waals surface area contributed by atoms with E-state index in [2.05, 4.69) is 34.3 Å². The number of hydrogen-bond donors (Lipinski definition) is 1. The maximum absolute atomic E-state index is 13.0. The van der Waals surface area contributed by atoms with Crippen LogP contribution in [0.5, 0.6) is 0 Å². The van der Waals surface area contributed by atoms with Gasteiger partial charge in [-0.15, -0.1) is 0 Å². The Kier molecular flexibility index (Phi) is 4.66. The van der Waals surface area contributed by atoms with Crippen molar-refractivity contribution in [2.45, 2.75) is 39.2 Å². The van der Waals surface area contributed by atoms with Crippen molar-refractivity contribution in [2.24, 2.45) is 5.73 Å². The molecular formula is C21H25N5O. The summed E-state index contributed by atoms with van der Waals surface area (Å²) in [6.45, 7) is 5.93. The van der Waals surface area contributed by atoms with Crippen molar-refractivity contribution >= 4 is 11.6 Å². The fourth-order valence-electron chi connectivity index (χ4n) is 3.93. The van der Waals surface area contributed by atoms with Gasteiger partial charge in [-0.25, -0.2) is 9.50 Å². The lowest BCUT2D eigenvalue weighted by molar-refractivity contribution is 0.0711. The Hall–Kier alpha value is -2.73. The minimum absolute atomic E-state index is 0.0456. The van der Waals surface area contributed by atoms with E-state index in [0.717, 1.165) is 48.5 Å². The molecule has 0 saturated carbocycles. The number of rotatable bonds is 3. The molecule has 3 heterocycles. The molecule has 2 N–H and O–H groups in total. The number of carbonyl (C=O) groups excluding carboxylic acids is 1. The first-order valence-electron chi connectivity index (χ1n) is 9.47. The summed E-state index contributed by atoms with van der Waals surface area (Å²) in [7, 11) is 0. The zero-order chi connectivity index (χ0) is 19.0. The van der Waals surface area contributed by atoms with Crippen molar-refractivity contribution in [3.05, 3.63) is 64.6 Å².